The fraction of sp³-hybridized carbons (Fsp3) is 0.0690. The Labute approximate surface area is 208 Å². The standard InChI is InChI=1S/C29H23N3O4/c1-2-31-24(15-10-20-6-3-4-8-26(20)31)18-22-16-17-30(29-25(22)7-5-9-27(29)33)19-28(34)21-11-13-23(14-12-21)32(35)36/h3-19H,2H2,1H3,(H-,33,34)/p+1/b28-19-. The van der Waals surface area contributed by atoms with Crippen molar-refractivity contribution in [2.45, 2.75) is 6.92 Å². The van der Waals surface area contributed by atoms with Crippen LogP contribution in [-0.4, -0.2) is 21.7 Å². The quantitative estimate of drug-likeness (QED) is 0.155. The molecule has 2 heterocycles. The average Bonchev–Trinajstić information content (AvgIpc) is 2.90. The van der Waals surface area contributed by atoms with Crippen LogP contribution < -0.4 is 9.47 Å². The number of aliphatic hydroxyl groups is 1. The topological polar surface area (TPSA) is 90.7 Å². The molecule has 0 atom stereocenters. The van der Waals surface area contributed by atoms with Gasteiger partial charge >= 0.3 is 0 Å². The van der Waals surface area contributed by atoms with Crippen LogP contribution in [0.15, 0.2) is 90.8 Å². The molecule has 7 heteroatoms. The van der Waals surface area contributed by atoms with Gasteiger partial charge in [0.25, 0.3) is 11.2 Å². The second-order valence-corrected chi connectivity index (χ2v) is 8.38. The fourth-order valence-corrected chi connectivity index (χ4v) is 4.47. The number of likely N-dealkylation sites (N-methyl/N-ethyl adjacent to an activating group) is 1. The summed E-state index contributed by atoms with van der Waals surface area (Å²) in [5.41, 5.74) is 5.15. The van der Waals surface area contributed by atoms with E-state index in [1.54, 1.807) is 22.9 Å². The summed E-state index contributed by atoms with van der Waals surface area (Å²) in [5.74, 6) is -0.0214. The Balaban J connectivity index is 1.59. The molecule has 0 bridgehead atoms. The van der Waals surface area contributed by atoms with Gasteiger partial charge in [0, 0.05) is 41.7 Å². The van der Waals surface area contributed by atoms with Gasteiger partial charge in [-0.15, -0.1) is 0 Å². The predicted molar refractivity (Wildman–Crippen MR) is 142 cm³/mol. The maximum atomic E-state index is 10.9. The number of nitrogens with zero attached hydrogens (tertiary/aromatic N) is 3. The summed E-state index contributed by atoms with van der Waals surface area (Å²) < 4.78 is 1.65. The molecular formula is C29H24N3O4+. The minimum Gasteiger partial charge on any atom is -0.502 e. The molecule has 0 fully saturated rings. The van der Waals surface area contributed by atoms with Crippen LogP contribution in [0.25, 0.3) is 35.0 Å². The van der Waals surface area contributed by atoms with Crippen molar-refractivity contribution in [3.63, 3.8) is 0 Å². The van der Waals surface area contributed by atoms with Crippen LogP contribution in [0.1, 0.15) is 23.6 Å². The number of benzene rings is 3. The molecule has 1 aliphatic rings. The summed E-state index contributed by atoms with van der Waals surface area (Å²) in [6.07, 6.45) is 9.52. The van der Waals surface area contributed by atoms with Crippen molar-refractivity contribution in [3.05, 3.63) is 118 Å². The average molecular weight is 479 g/mol. The van der Waals surface area contributed by atoms with Crippen molar-refractivity contribution in [2.75, 3.05) is 11.4 Å². The van der Waals surface area contributed by atoms with E-state index in [1.165, 1.54) is 30.5 Å². The minimum atomic E-state index is -0.488. The number of aromatic nitrogens is 1. The molecule has 4 aromatic rings. The Kier molecular flexibility index (Phi) is 5.96. The van der Waals surface area contributed by atoms with E-state index in [0.717, 1.165) is 34.4 Å². The third-order valence-electron chi connectivity index (χ3n) is 6.23. The van der Waals surface area contributed by atoms with Gasteiger partial charge in [0.05, 0.1) is 10.3 Å². The number of phenols is 1. The number of pyridine rings is 1. The highest BCUT2D eigenvalue weighted by Crippen LogP contribution is 2.33. The SMILES string of the molecule is CCN1C(=Cc2cc[n+](/C=C(\O)c3ccc([N+](=O)[O-])cc3)c3c(O)cccc23)C=Cc2ccccc21. The number of phenolic OH excluding ortho intramolecular Hbond substituents is 1. The molecule has 0 amide bonds. The van der Waals surface area contributed by atoms with Gasteiger partial charge in [-0.2, -0.15) is 4.57 Å². The number of rotatable bonds is 5. The first-order valence-electron chi connectivity index (χ1n) is 11.5. The molecule has 2 N–H and O–H groups in total. The highest BCUT2D eigenvalue weighted by molar-refractivity contribution is 5.92. The molecule has 1 aromatic heterocycles. The van der Waals surface area contributed by atoms with Crippen LogP contribution in [0.4, 0.5) is 11.4 Å². The molecule has 178 valence electrons. The van der Waals surface area contributed by atoms with Crippen molar-refractivity contribution < 1.29 is 19.7 Å². The number of allylic oxidation sites excluding steroid dienone is 1. The number of nitro groups is 1. The monoisotopic (exact) mass is 478 g/mol. The Hall–Kier alpha value is -4.91. The molecule has 0 aliphatic carbocycles. The molecule has 0 saturated carbocycles. The van der Waals surface area contributed by atoms with Gasteiger partial charge in [-0.25, -0.2) is 0 Å². The Morgan fingerprint density at radius 3 is 2.56 bits per heavy atom. The highest BCUT2D eigenvalue weighted by atomic mass is 16.6. The molecule has 1 aliphatic heterocycles. The predicted octanol–water partition coefficient (Wildman–Crippen LogP) is 6.15. The summed E-state index contributed by atoms with van der Waals surface area (Å²) in [6.45, 7) is 2.91. The normalized spacial score (nSPS) is 14.3. The van der Waals surface area contributed by atoms with Crippen molar-refractivity contribution in [3.8, 4) is 5.75 Å². The lowest BCUT2D eigenvalue weighted by molar-refractivity contribution is -0.539. The van der Waals surface area contributed by atoms with Gasteiger partial charge in [-0.05, 0) is 60.5 Å². The van der Waals surface area contributed by atoms with Crippen LogP contribution in [0.3, 0.4) is 0 Å². The van der Waals surface area contributed by atoms with E-state index in [0.29, 0.717) is 11.1 Å². The Morgan fingerprint density at radius 1 is 1.03 bits per heavy atom. The summed E-state index contributed by atoms with van der Waals surface area (Å²) >= 11 is 0. The van der Waals surface area contributed by atoms with E-state index < -0.39 is 4.92 Å². The van der Waals surface area contributed by atoms with Crippen LogP contribution in [0.2, 0.25) is 0 Å². The Morgan fingerprint density at radius 2 is 1.81 bits per heavy atom. The first-order chi connectivity index (χ1) is 17.5. The first-order valence-corrected chi connectivity index (χ1v) is 11.5. The van der Waals surface area contributed by atoms with Crippen LogP contribution in [-0.2, 0) is 0 Å². The summed E-state index contributed by atoms with van der Waals surface area (Å²) in [5, 5.41) is 33.2. The van der Waals surface area contributed by atoms with Gasteiger partial charge in [-0.3, -0.25) is 10.1 Å². The number of anilines is 1. The smallest absolute Gasteiger partial charge is 0.269 e. The maximum Gasteiger partial charge on any atom is 0.269 e. The molecule has 3 aromatic carbocycles. The van der Waals surface area contributed by atoms with Gasteiger partial charge in [0.2, 0.25) is 6.20 Å². The van der Waals surface area contributed by atoms with E-state index >= 15 is 0 Å². The largest absolute Gasteiger partial charge is 0.502 e. The van der Waals surface area contributed by atoms with Gasteiger partial charge in [0.15, 0.2) is 17.7 Å². The van der Waals surface area contributed by atoms with E-state index in [1.807, 2.05) is 24.3 Å². The number of aromatic hydroxyl groups is 1. The lowest BCUT2D eigenvalue weighted by Crippen LogP contribution is -2.27. The van der Waals surface area contributed by atoms with Crippen LogP contribution >= 0.6 is 0 Å². The second kappa shape index (κ2) is 9.38. The van der Waals surface area contributed by atoms with Crippen LogP contribution in [0, 0.1) is 10.1 Å². The zero-order valence-electron chi connectivity index (χ0n) is 19.6. The van der Waals surface area contributed by atoms with Gasteiger partial charge in [0.1, 0.15) is 0 Å². The highest BCUT2D eigenvalue weighted by Gasteiger charge is 2.19. The fourth-order valence-electron chi connectivity index (χ4n) is 4.47. The van der Waals surface area contributed by atoms with Gasteiger partial charge in [-0.1, -0.05) is 30.3 Å². The zero-order chi connectivity index (χ0) is 25.2. The number of nitro benzene ring substituents is 1. The van der Waals surface area contributed by atoms with E-state index in [4.69, 9.17) is 0 Å². The first kappa shape index (κ1) is 22.9. The Bertz CT molecular complexity index is 1570. The molecule has 7 nitrogen and oxygen atoms in total. The minimum absolute atomic E-state index is 0.0554. The third-order valence-corrected chi connectivity index (χ3v) is 6.23. The number of para-hydroxylation sites is 2. The number of aliphatic hydroxyl groups excluding tert-OH is 1. The summed E-state index contributed by atoms with van der Waals surface area (Å²) in [6, 6.07) is 21.1. The van der Waals surface area contributed by atoms with Crippen molar-refractivity contribution in [1.82, 2.24) is 0 Å². The van der Waals surface area contributed by atoms with Crippen molar-refractivity contribution in [2.24, 2.45) is 0 Å². The lowest BCUT2D eigenvalue weighted by Gasteiger charge is -2.29. The molecule has 0 unspecified atom stereocenters. The molecular weight excluding hydrogens is 454 g/mol. The van der Waals surface area contributed by atoms with E-state index in [-0.39, 0.29) is 17.2 Å². The van der Waals surface area contributed by atoms with Crippen LogP contribution in [0.5, 0.6) is 5.75 Å². The molecule has 5 rings (SSSR count). The maximum absolute atomic E-state index is 10.9. The molecule has 0 spiro atoms. The van der Waals surface area contributed by atoms with E-state index in [2.05, 4.69) is 42.2 Å². The van der Waals surface area contributed by atoms with Gasteiger partial charge < -0.3 is 15.1 Å². The molecule has 0 radical (unpaired) electrons. The number of hydrogen-bond donors (Lipinski definition) is 2. The second-order valence-electron chi connectivity index (χ2n) is 8.38. The van der Waals surface area contributed by atoms with Crippen molar-refractivity contribution in [1.29, 1.82) is 0 Å². The lowest BCUT2D eigenvalue weighted by atomic mass is 10.0. The van der Waals surface area contributed by atoms with E-state index in [9.17, 15) is 20.3 Å². The molecule has 0 saturated heterocycles. The zero-order valence-corrected chi connectivity index (χ0v) is 19.6. The summed E-state index contributed by atoms with van der Waals surface area (Å²) in [7, 11) is 0. The number of non-ortho nitro benzene ring substituents is 1. The number of hydrogen-bond acceptors (Lipinski definition) is 5. The number of fused-ring (bicyclic) bond motifs is 2. The molecule has 36 heavy (non-hydrogen) atoms. The third kappa shape index (κ3) is 4.18. The summed E-state index contributed by atoms with van der Waals surface area (Å²) in [4.78, 5) is 12.7. The van der Waals surface area contributed by atoms with Crippen molar-refractivity contribution >= 4 is 46.4 Å².